The Kier molecular flexibility index (Phi) is 6.21. The minimum Gasteiger partial charge on any atom is -0.493 e. The van der Waals surface area contributed by atoms with Crippen molar-refractivity contribution in [2.24, 2.45) is 0 Å². The van der Waals surface area contributed by atoms with E-state index < -0.39 is 0 Å². The van der Waals surface area contributed by atoms with E-state index in [2.05, 4.69) is 30.4 Å². The molecule has 1 aromatic heterocycles. The number of carbonyl (C=O) groups excluding carboxylic acids is 1. The van der Waals surface area contributed by atoms with E-state index in [9.17, 15) is 4.79 Å². The van der Waals surface area contributed by atoms with Gasteiger partial charge in [0, 0.05) is 17.9 Å². The topological polar surface area (TPSA) is 112 Å². The highest BCUT2D eigenvalue weighted by atomic mass is 16.7. The highest BCUT2D eigenvalue weighted by molar-refractivity contribution is 5.94. The molecule has 0 fully saturated rings. The van der Waals surface area contributed by atoms with Gasteiger partial charge < -0.3 is 24.6 Å². The summed E-state index contributed by atoms with van der Waals surface area (Å²) in [5.74, 6) is 2.44. The van der Waals surface area contributed by atoms with Crippen LogP contribution in [-0.4, -0.2) is 41.2 Å². The normalized spacial score (nSPS) is 15.7. The number of nitrogens with zero attached hydrogens (tertiary/aromatic N) is 2. The van der Waals surface area contributed by atoms with Gasteiger partial charge in [-0.25, -0.2) is 4.68 Å². The SMILES string of the molecule is COc1cc(C2CC(=O)Nc3c2c(C)nn3Cc2cccc(C)c2)cc2c1OCO2.O=CO. The Morgan fingerprint density at radius 3 is 2.79 bits per heavy atom. The van der Waals surface area contributed by atoms with E-state index in [1.807, 2.05) is 29.8 Å². The molecule has 0 aliphatic carbocycles. The first kappa shape index (κ1) is 22.2. The van der Waals surface area contributed by atoms with Gasteiger partial charge in [-0.05, 0) is 37.1 Å². The van der Waals surface area contributed by atoms with Crippen LogP contribution < -0.4 is 19.5 Å². The van der Waals surface area contributed by atoms with Crippen LogP contribution >= 0.6 is 0 Å². The van der Waals surface area contributed by atoms with Crippen LogP contribution in [0.15, 0.2) is 36.4 Å². The van der Waals surface area contributed by atoms with Crippen molar-refractivity contribution in [2.75, 3.05) is 19.2 Å². The number of ether oxygens (including phenoxy) is 3. The fourth-order valence-electron chi connectivity index (χ4n) is 4.35. The monoisotopic (exact) mass is 451 g/mol. The molecule has 2 aliphatic heterocycles. The summed E-state index contributed by atoms with van der Waals surface area (Å²) >= 11 is 0. The summed E-state index contributed by atoms with van der Waals surface area (Å²) in [6, 6.07) is 12.2. The number of hydrogen-bond donors (Lipinski definition) is 2. The van der Waals surface area contributed by atoms with Crippen molar-refractivity contribution in [1.29, 1.82) is 0 Å². The summed E-state index contributed by atoms with van der Waals surface area (Å²) in [5, 5.41) is 14.7. The quantitative estimate of drug-likeness (QED) is 0.584. The molecule has 0 saturated carbocycles. The van der Waals surface area contributed by atoms with Crippen LogP contribution in [-0.2, 0) is 16.1 Å². The Labute approximate surface area is 190 Å². The first-order chi connectivity index (χ1) is 15.9. The number of nitrogens with one attached hydrogen (secondary N) is 1. The zero-order valence-corrected chi connectivity index (χ0v) is 18.6. The Bertz CT molecular complexity index is 1200. The summed E-state index contributed by atoms with van der Waals surface area (Å²) in [5.41, 5.74) is 5.22. The van der Waals surface area contributed by atoms with Gasteiger partial charge in [-0.1, -0.05) is 29.8 Å². The Balaban J connectivity index is 0.000000821. The number of aryl methyl sites for hydroxylation is 2. The minimum atomic E-state index is -0.250. The first-order valence-electron chi connectivity index (χ1n) is 10.4. The van der Waals surface area contributed by atoms with E-state index in [4.69, 9.17) is 29.2 Å². The van der Waals surface area contributed by atoms with E-state index in [0.29, 0.717) is 30.2 Å². The molecule has 9 heteroatoms. The van der Waals surface area contributed by atoms with Gasteiger partial charge in [-0.3, -0.25) is 9.59 Å². The highest BCUT2D eigenvalue weighted by Crippen LogP contribution is 2.47. The third-order valence-electron chi connectivity index (χ3n) is 5.67. The second-order valence-electron chi connectivity index (χ2n) is 7.86. The third-order valence-corrected chi connectivity index (χ3v) is 5.67. The fraction of sp³-hybridized carbons (Fsp3) is 0.292. The van der Waals surface area contributed by atoms with Crippen molar-refractivity contribution < 1.29 is 28.9 Å². The number of rotatable bonds is 4. The van der Waals surface area contributed by atoms with Crippen molar-refractivity contribution in [1.82, 2.24) is 9.78 Å². The molecule has 1 atom stereocenters. The van der Waals surface area contributed by atoms with E-state index >= 15 is 0 Å². The molecule has 3 heterocycles. The second kappa shape index (κ2) is 9.23. The van der Waals surface area contributed by atoms with Gasteiger partial charge in [0.1, 0.15) is 5.82 Å². The first-order valence-corrected chi connectivity index (χ1v) is 10.4. The summed E-state index contributed by atoms with van der Waals surface area (Å²) in [7, 11) is 1.60. The molecular formula is C24H25N3O6. The molecule has 0 saturated heterocycles. The van der Waals surface area contributed by atoms with E-state index in [1.165, 1.54) is 5.56 Å². The van der Waals surface area contributed by atoms with Crippen LogP contribution in [0, 0.1) is 13.8 Å². The number of benzene rings is 2. The molecule has 1 amide bonds. The summed E-state index contributed by atoms with van der Waals surface area (Å²) in [4.78, 5) is 21.0. The molecule has 2 N–H and O–H groups in total. The number of anilines is 1. The van der Waals surface area contributed by atoms with Crippen molar-refractivity contribution in [2.45, 2.75) is 32.7 Å². The number of amides is 1. The van der Waals surface area contributed by atoms with Gasteiger partial charge >= 0.3 is 0 Å². The Hall–Kier alpha value is -4.01. The lowest BCUT2D eigenvalue weighted by atomic mass is 9.85. The minimum absolute atomic E-state index is 0.0328. The highest BCUT2D eigenvalue weighted by Gasteiger charge is 2.34. The van der Waals surface area contributed by atoms with Crippen molar-refractivity contribution in [3.05, 3.63) is 64.3 Å². The zero-order chi connectivity index (χ0) is 23.5. The predicted octanol–water partition coefficient (Wildman–Crippen LogP) is 3.46. The average Bonchev–Trinajstić information content (AvgIpc) is 3.38. The molecule has 5 rings (SSSR count). The summed E-state index contributed by atoms with van der Waals surface area (Å²) < 4.78 is 18.5. The van der Waals surface area contributed by atoms with Crippen LogP contribution in [0.1, 0.15) is 40.3 Å². The molecule has 1 unspecified atom stereocenters. The standard InChI is InChI=1S/C23H23N3O4.CH2O2/c1-13-5-4-6-15(7-13)11-26-23-21(14(2)25-26)17(10-20(27)24-23)16-8-18(28-3)22-19(9-16)29-12-30-22;2-1-3/h4-9,17H,10-12H2,1-3H3,(H,24,27);1H,(H,2,3). The second-order valence-corrected chi connectivity index (χ2v) is 7.86. The van der Waals surface area contributed by atoms with Gasteiger partial charge in [-0.2, -0.15) is 5.10 Å². The maximum absolute atomic E-state index is 12.6. The third kappa shape index (κ3) is 4.34. The van der Waals surface area contributed by atoms with Gasteiger partial charge in [-0.15, -0.1) is 0 Å². The number of methoxy groups -OCH3 is 1. The van der Waals surface area contributed by atoms with Crippen LogP contribution in [0.3, 0.4) is 0 Å². The van der Waals surface area contributed by atoms with Crippen molar-refractivity contribution in [3.63, 3.8) is 0 Å². The van der Waals surface area contributed by atoms with Crippen LogP contribution in [0.5, 0.6) is 17.2 Å². The zero-order valence-electron chi connectivity index (χ0n) is 18.6. The lowest BCUT2D eigenvalue weighted by molar-refractivity contribution is -0.123. The summed E-state index contributed by atoms with van der Waals surface area (Å²) in [6.45, 7) is 4.56. The molecule has 0 radical (unpaired) electrons. The smallest absolute Gasteiger partial charge is 0.290 e. The molecule has 0 spiro atoms. The molecule has 2 aromatic carbocycles. The Morgan fingerprint density at radius 2 is 2.06 bits per heavy atom. The molecule has 0 bridgehead atoms. The maximum atomic E-state index is 12.6. The Morgan fingerprint density at radius 1 is 1.27 bits per heavy atom. The number of fused-ring (bicyclic) bond motifs is 2. The van der Waals surface area contributed by atoms with E-state index in [1.54, 1.807) is 7.11 Å². The molecule has 2 aliphatic rings. The molecule has 9 nitrogen and oxygen atoms in total. The molecule has 172 valence electrons. The molecule has 33 heavy (non-hydrogen) atoms. The average molecular weight is 451 g/mol. The lowest BCUT2D eigenvalue weighted by Gasteiger charge is -2.25. The predicted molar refractivity (Wildman–Crippen MR) is 120 cm³/mol. The van der Waals surface area contributed by atoms with Crippen LogP contribution in [0.4, 0.5) is 5.82 Å². The van der Waals surface area contributed by atoms with E-state index in [0.717, 1.165) is 28.2 Å². The number of aromatic nitrogens is 2. The van der Waals surface area contributed by atoms with Gasteiger partial charge in [0.15, 0.2) is 11.5 Å². The lowest BCUT2D eigenvalue weighted by Crippen LogP contribution is -2.25. The van der Waals surface area contributed by atoms with Crippen molar-refractivity contribution >= 4 is 18.2 Å². The molecule has 3 aromatic rings. The maximum Gasteiger partial charge on any atom is 0.290 e. The van der Waals surface area contributed by atoms with Gasteiger partial charge in [0.25, 0.3) is 6.47 Å². The van der Waals surface area contributed by atoms with Gasteiger partial charge in [0.2, 0.25) is 18.4 Å². The largest absolute Gasteiger partial charge is 0.493 e. The summed E-state index contributed by atoms with van der Waals surface area (Å²) in [6.07, 6.45) is 0.340. The molecular weight excluding hydrogens is 426 g/mol. The number of hydrogen-bond acceptors (Lipinski definition) is 6. The number of carbonyl (C=O) groups is 2. The fourth-order valence-corrected chi connectivity index (χ4v) is 4.35. The van der Waals surface area contributed by atoms with Crippen LogP contribution in [0.2, 0.25) is 0 Å². The van der Waals surface area contributed by atoms with Crippen LogP contribution in [0.25, 0.3) is 0 Å². The van der Waals surface area contributed by atoms with E-state index in [-0.39, 0.29) is 25.1 Å². The van der Waals surface area contributed by atoms with Gasteiger partial charge in [0.05, 0.1) is 19.3 Å². The number of carboxylic acid groups (broad SMARTS) is 1. The van der Waals surface area contributed by atoms with Crippen molar-refractivity contribution in [3.8, 4) is 17.2 Å².